The first-order valence-electron chi connectivity index (χ1n) is 5.02. The molecule has 1 aliphatic carbocycles. The number of hydrogen-bond donors (Lipinski definition) is 0. The average Bonchev–Trinajstić information content (AvgIpc) is 2.46. The van der Waals surface area contributed by atoms with Crippen molar-refractivity contribution in [1.29, 1.82) is 0 Å². The number of benzene rings is 1. The van der Waals surface area contributed by atoms with Crippen LogP contribution in [0.4, 0.5) is 0 Å². The Balaban J connectivity index is 2.22. The van der Waals surface area contributed by atoms with Gasteiger partial charge >= 0.3 is 0 Å². The summed E-state index contributed by atoms with van der Waals surface area (Å²) in [5.74, 6) is 0.566. The molecule has 0 aromatic heterocycles. The van der Waals surface area contributed by atoms with E-state index < -0.39 is 0 Å². The van der Waals surface area contributed by atoms with E-state index in [1.165, 1.54) is 11.1 Å². The second kappa shape index (κ2) is 3.51. The zero-order chi connectivity index (χ0) is 9.26. The smallest absolute Gasteiger partial charge is 0.0681 e. The van der Waals surface area contributed by atoms with E-state index in [4.69, 9.17) is 4.74 Å². The number of rotatable bonds is 2. The van der Waals surface area contributed by atoms with Crippen molar-refractivity contribution in [2.75, 3.05) is 6.61 Å². The lowest BCUT2D eigenvalue weighted by atomic mass is 10.0. The minimum Gasteiger partial charge on any atom is -0.378 e. The Bertz CT molecular complexity index is 293. The molecule has 0 amide bonds. The highest BCUT2D eigenvalue weighted by Crippen LogP contribution is 2.34. The van der Waals surface area contributed by atoms with Gasteiger partial charge in [-0.3, -0.25) is 0 Å². The zero-order valence-electron chi connectivity index (χ0n) is 8.29. The molecule has 70 valence electrons. The van der Waals surface area contributed by atoms with Gasteiger partial charge in [0.25, 0.3) is 0 Å². The van der Waals surface area contributed by atoms with Crippen LogP contribution in [0.1, 0.15) is 30.9 Å². The van der Waals surface area contributed by atoms with E-state index in [0.717, 1.165) is 13.0 Å². The van der Waals surface area contributed by atoms with Crippen LogP contribution >= 0.6 is 0 Å². The summed E-state index contributed by atoms with van der Waals surface area (Å²) in [4.78, 5) is 0. The first-order chi connectivity index (χ1) is 6.33. The van der Waals surface area contributed by atoms with Crippen LogP contribution in [0.5, 0.6) is 0 Å². The second-order valence-electron chi connectivity index (χ2n) is 3.69. The molecular formula is C12H16O. The summed E-state index contributed by atoms with van der Waals surface area (Å²) >= 11 is 0. The predicted octanol–water partition coefficient (Wildman–Crippen LogP) is 2.75. The molecule has 1 aliphatic rings. The molecule has 2 atom stereocenters. The summed E-state index contributed by atoms with van der Waals surface area (Å²) in [6.45, 7) is 5.14. The molecule has 0 unspecified atom stereocenters. The van der Waals surface area contributed by atoms with Gasteiger partial charge in [-0.15, -0.1) is 0 Å². The van der Waals surface area contributed by atoms with E-state index >= 15 is 0 Å². The molecule has 2 rings (SSSR count). The van der Waals surface area contributed by atoms with Gasteiger partial charge in [0.15, 0.2) is 0 Å². The molecule has 1 nitrogen and oxygen atoms in total. The largest absolute Gasteiger partial charge is 0.378 e. The lowest BCUT2D eigenvalue weighted by Gasteiger charge is -2.15. The van der Waals surface area contributed by atoms with Crippen LogP contribution in [-0.4, -0.2) is 12.7 Å². The van der Waals surface area contributed by atoms with Crippen LogP contribution in [0.25, 0.3) is 0 Å². The lowest BCUT2D eigenvalue weighted by molar-refractivity contribution is 0.0555. The molecule has 1 aromatic carbocycles. The molecule has 1 heteroatoms. The van der Waals surface area contributed by atoms with Crippen molar-refractivity contribution in [2.45, 2.75) is 32.3 Å². The minimum absolute atomic E-state index is 0.405. The van der Waals surface area contributed by atoms with Crippen LogP contribution in [0.2, 0.25) is 0 Å². The molecule has 0 N–H and O–H groups in total. The van der Waals surface area contributed by atoms with E-state index in [1.807, 2.05) is 0 Å². The van der Waals surface area contributed by atoms with Crippen molar-refractivity contribution in [3.63, 3.8) is 0 Å². The Hall–Kier alpha value is -0.820. The molecule has 0 bridgehead atoms. The monoisotopic (exact) mass is 176 g/mol. The van der Waals surface area contributed by atoms with Gasteiger partial charge in [0.2, 0.25) is 0 Å². The Morgan fingerprint density at radius 1 is 1.38 bits per heavy atom. The van der Waals surface area contributed by atoms with Crippen molar-refractivity contribution in [3.8, 4) is 0 Å². The maximum Gasteiger partial charge on any atom is 0.0681 e. The highest BCUT2D eigenvalue weighted by Gasteiger charge is 2.28. The number of hydrogen-bond acceptors (Lipinski definition) is 1. The molecule has 0 saturated heterocycles. The van der Waals surface area contributed by atoms with Crippen molar-refractivity contribution in [1.82, 2.24) is 0 Å². The van der Waals surface area contributed by atoms with Gasteiger partial charge < -0.3 is 4.74 Å². The van der Waals surface area contributed by atoms with Gasteiger partial charge in [0.05, 0.1) is 6.10 Å². The van der Waals surface area contributed by atoms with Gasteiger partial charge in [-0.2, -0.15) is 0 Å². The Morgan fingerprint density at radius 2 is 2.15 bits per heavy atom. The predicted molar refractivity (Wildman–Crippen MR) is 54.0 cm³/mol. The maximum absolute atomic E-state index is 5.70. The fourth-order valence-electron chi connectivity index (χ4n) is 2.18. The SMILES string of the molecule is CCO[C@H]1Cc2ccccc2[C@H]1C. The third kappa shape index (κ3) is 1.49. The van der Waals surface area contributed by atoms with E-state index in [0.29, 0.717) is 12.0 Å². The molecule has 1 aromatic rings. The van der Waals surface area contributed by atoms with Crippen LogP contribution in [0, 0.1) is 0 Å². The summed E-state index contributed by atoms with van der Waals surface area (Å²) in [6.07, 6.45) is 1.49. The molecule has 0 saturated carbocycles. The standard InChI is InChI=1S/C12H16O/c1-3-13-12-8-10-6-4-5-7-11(10)9(12)2/h4-7,9,12H,3,8H2,1-2H3/t9-,12+/m1/s1. The summed E-state index contributed by atoms with van der Waals surface area (Å²) < 4.78 is 5.70. The van der Waals surface area contributed by atoms with Crippen LogP contribution in [-0.2, 0) is 11.2 Å². The van der Waals surface area contributed by atoms with E-state index in [-0.39, 0.29) is 0 Å². The first kappa shape index (κ1) is 8.76. The van der Waals surface area contributed by atoms with Gasteiger partial charge in [-0.05, 0) is 24.5 Å². The van der Waals surface area contributed by atoms with Crippen molar-refractivity contribution in [3.05, 3.63) is 35.4 Å². The fraction of sp³-hybridized carbons (Fsp3) is 0.500. The summed E-state index contributed by atoms with van der Waals surface area (Å²) in [7, 11) is 0. The Morgan fingerprint density at radius 3 is 2.85 bits per heavy atom. The average molecular weight is 176 g/mol. The van der Waals surface area contributed by atoms with Crippen LogP contribution in [0.15, 0.2) is 24.3 Å². The molecule has 0 spiro atoms. The quantitative estimate of drug-likeness (QED) is 0.673. The van der Waals surface area contributed by atoms with E-state index in [2.05, 4.69) is 38.1 Å². The van der Waals surface area contributed by atoms with Crippen LogP contribution in [0.3, 0.4) is 0 Å². The summed E-state index contributed by atoms with van der Waals surface area (Å²) in [6, 6.07) is 8.66. The van der Waals surface area contributed by atoms with Gasteiger partial charge in [-0.25, -0.2) is 0 Å². The first-order valence-corrected chi connectivity index (χ1v) is 5.02. The van der Waals surface area contributed by atoms with Crippen molar-refractivity contribution in [2.24, 2.45) is 0 Å². The Kier molecular flexibility index (Phi) is 2.36. The fourth-order valence-corrected chi connectivity index (χ4v) is 2.18. The van der Waals surface area contributed by atoms with Crippen LogP contribution < -0.4 is 0 Å². The highest BCUT2D eigenvalue weighted by molar-refractivity contribution is 5.36. The molecule has 0 fully saturated rings. The second-order valence-corrected chi connectivity index (χ2v) is 3.69. The third-order valence-electron chi connectivity index (χ3n) is 2.91. The number of fused-ring (bicyclic) bond motifs is 1. The molecule has 13 heavy (non-hydrogen) atoms. The van der Waals surface area contributed by atoms with E-state index in [9.17, 15) is 0 Å². The normalized spacial score (nSPS) is 26.0. The molecule has 0 heterocycles. The topological polar surface area (TPSA) is 9.23 Å². The third-order valence-corrected chi connectivity index (χ3v) is 2.91. The maximum atomic E-state index is 5.70. The zero-order valence-corrected chi connectivity index (χ0v) is 8.29. The number of ether oxygens (including phenoxy) is 1. The van der Waals surface area contributed by atoms with E-state index in [1.54, 1.807) is 0 Å². The molecule has 0 aliphatic heterocycles. The Labute approximate surface area is 79.7 Å². The minimum atomic E-state index is 0.405. The van der Waals surface area contributed by atoms with Crippen molar-refractivity contribution < 1.29 is 4.74 Å². The lowest BCUT2D eigenvalue weighted by Crippen LogP contribution is -2.16. The van der Waals surface area contributed by atoms with Gasteiger partial charge in [0.1, 0.15) is 0 Å². The summed E-state index contributed by atoms with van der Waals surface area (Å²) in [5.41, 5.74) is 2.94. The van der Waals surface area contributed by atoms with Gasteiger partial charge in [0, 0.05) is 12.5 Å². The highest BCUT2D eigenvalue weighted by atomic mass is 16.5. The van der Waals surface area contributed by atoms with Gasteiger partial charge in [-0.1, -0.05) is 31.2 Å². The molecular weight excluding hydrogens is 160 g/mol. The van der Waals surface area contributed by atoms with Crippen molar-refractivity contribution >= 4 is 0 Å². The molecule has 0 radical (unpaired) electrons. The summed E-state index contributed by atoms with van der Waals surface area (Å²) in [5, 5.41) is 0.